The summed E-state index contributed by atoms with van der Waals surface area (Å²) in [5.74, 6) is 3.13. The second-order valence-corrected chi connectivity index (χ2v) is 3.36. The second-order valence-electron chi connectivity index (χ2n) is 3.36. The molecule has 0 aromatic heterocycles. The minimum Gasteiger partial charge on any atom is -0.331 e. The van der Waals surface area contributed by atoms with Crippen LogP contribution < -0.4 is 0 Å². The Morgan fingerprint density at radius 3 is 2.67 bits per heavy atom. The van der Waals surface area contributed by atoms with Crippen molar-refractivity contribution in [2.45, 2.75) is 6.42 Å². The van der Waals surface area contributed by atoms with Crippen molar-refractivity contribution in [3.05, 3.63) is 0 Å². The molecule has 3 nitrogen and oxygen atoms in total. The summed E-state index contributed by atoms with van der Waals surface area (Å²) in [7, 11) is 3.52. The molecule has 3 heteroatoms. The first-order valence-electron chi connectivity index (χ1n) is 4.05. The van der Waals surface area contributed by atoms with Gasteiger partial charge in [-0.15, -0.1) is 12.3 Å². The molecule has 0 aromatic carbocycles. The van der Waals surface area contributed by atoms with Gasteiger partial charge in [0.1, 0.15) is 0 Å². The molecule has 66 valence electrons. The highest BCUT2D eigenvalue weighted by atomic mass is 16.2. The van der Waals surface area contributed by atoms with E-state index >= 15 is 0 Å². The Bertz CT molecular complexity index is 211. The number of likely N-dealkylation sites (tertiary alicyclic amines) is 1. The summed E-state index contributed by atoms with van der Waals surface area (Å²) in [6.07, 6.45) is 5.95. The van der Waals surface area contributed by atoms with Crippen LogP contribution in [0.4, 0.5) is 4.79 Å². The highest BCUT2D eigenvalue weighted by Crippen LogP contribution is 2.18. The summed E-state index contributed by atoms with van der Waals surface area (Å²) in [5, 5.41) is 0. The molecule has 1 rings (SSSR count). The van der Waals surface area contributed by atoms with E-state index in [2.05, 4.69) is 5.92 Å². The summed E-state index contributed by atoms with van der Waals surface area (Å²) in [5.41, 5.74) is 0. The molecule has 1 aliphatic heterocycles. The number of carbonyl (C=O) groups is 1. The molecule has 0 atom stereocenters. The van der Waals surface area contributed by atoms with Crippen LogP contribution in [0.15, 0.2) is 0 Å². The summed E-state index contributed by atoms with van der Waals surface area (Å²) in [6, 6.07) is 0.0864. The van der Waals surface area contributed by atoms with Crippen molar-refractivity contribution in [1.82, 2.24) is 9.80 Å². The van der Waals surface area contributed by atoms with Gasteiger partial charge >= 0.3 is 6.03 Å². The summed E-state index contributed by atoms with van der Waals surface area (Å²) in [6.45, 7) is 1.64. The van der Waals surface area contributed by atoms with Crippen LogP contribution >= 0.6 is 0 Å². The van der Waals surface area contributed by atoms with E-state index in [-0.39, 0.29) is 6.03 Å². The van der Waals surface area contributed by atoms with Gasteiger partial charge in [0.15, 0.2) is 0 Å². The molecule has 0 N–H and O–H groups in total. The molecule has 1 saturated heterocycles. The molecule has 1 heterocycles. The molecule has 0 aliphatic carbocycles. The predicted octanol–water partition coefficient (Wildman–Crippen LogP) is 0.623. The molecule has 1 fully saturated rings. The topological polar surface area (TPSA) is 23.6 Å². The average molecular weight is 166 g/mol. The fourth-order valence-corrected chi connectivity index (χ4v) is 1.30. The fraction of sp³-hybridized carbons (Fsp3) is 0.667. The molecule has 0 radical (unpaired) electrons. The fourth-order valence-electron chi connectivity index (χ4n) is 1.30. The molecule has 0 aromatic rings. The first-order chi connectivity index (χ1) is 5.65. The molecule has 0 unspecified atom stereocenters. The molecule has 2 amide bonds. The minimum absolute atomic E-state index is 0.0864. The zero-order chi connectivity index (χ0) is 9.14. The maximum Gasteiger partial charge on any atom is 0.319 e. The molecule has 1 aliphatic rings. The minimum atomic E-state index is 0.0864. The Morgan fingerprint density at radius 2 is 2.25 bits per heavy atom. The van der Waals surface area contributed by atoms with Gasteiger partial charge in [-0.3, -0.25) is 0 Å². The number of hydrogen-bond acceptors (Lipinski definition) is 1. The van der Waals surface area contributed by atoms with E-state index in [9.17, 15) is 4.79 Å². The zero-order valence-corrected chi connectivity index (χ0v) is 7.58. The van der Waals surface area contributed by atoms with E-state index in [1.165, 1.54) is 0 Å². The highest BCUT2D eigenvalue weighted by molar-refractivity contribution is 5.74. The third kappa shape index (κ3) is 1.70. The maximum atomic E-state index is 11.3. The van der Waals surface area contributed by atoms with Gasteiger partial charge in [-0.05, 0) is 0 Å². The van der Waals surface area contributed by atoms with Crippen molar-refractivity contribution in [2.24, 2.45) is 5.92 Å². The van der Waals surface area contributed by atoms with Gasteiger partial charge in [-0.25, -0.2) is 4.79 Å². The lowest BCUT2D eigenvalue weighted by atomic mass is 9.97. The lowest BCUT2D eigenvalue weighted by Crippen LogP contribution is -2.53. The summed E-state index contributed by atoms with van der Waals surface area (Å²) >= 11 is 0. The largest absolute Gasteiger partial charge is 0.331 e. The highest BCUT2D eigenvalue weighted by Gasteiger charge is 2.30. The Kier molecular flexibility index (Phi) is 2.59. The van der Waals surface area contributed by atoms with E-state index in [0.29, 0.717) is 5.92 Å². The van der Waals surface area contributed by atoms with Crippen LogP contribution in [0.5, 0.6) is 0 Å². The zero-order valence-electron chi connectivity index (χ0n) is 7.58. The van der Waals surface area contributed by atoms with Crippen LogP contribution in [0.25, 0.3) is 0 Å². The Labute approximate surface area is 73.3 Å². The van der Waals surface area contributed by atoms with E-state index in [0.717, 1.165) is 19.5 Å². The van der Waals surface area contributed by atoms with Crippen LogP contribution in [0.1, 0.15) is 6.42 Å². The van der Waals surface area contributed by atoms with Crippen LogP contribution in [0.3, 0.4) is 0 Å². The molecule has 12 heavy (non-hydrogen) atoms. The SMILES string of the molecule is C#CCC1CN(C(=O)N(C)C)C1. The number of terminal acetylenes is 1. The van der Waals surface area contributed by atoms with Crippen molar-refractivity contribution in [3.8, 4) is 12.3 Å². The smallest absolute Gasteiger partial charge is 0.319 e. The van der Waals surface area contributed by atoms with Gasteiger partial charge in [0.05, 0.1) is 0 Å². The van der Waals surface area contributed by atoms with Gasteiger partial charge in [0.25, 0.3) is 0 Å². The maximum absolute atomic E-state index is 11.3. The second kappa shape index (κ2) is 3.48. The van der Waals surface area contributed by atoms with Crippen molar-refractivity contribution < 1.29 is 4.79 Å². The Hall–Kier alpha value is -1.17. The van der Waals surface area contributed by atoms with E-state index < -0.39 is 0 Å². The molecular weight excluding hydrogens is 152 g/mol. The third-order valence-corrected chi connectivity index (χ3v) is 2.02. The van der Waals surface area contributed by atoms with E-state index in [1.807, 2.05) is 4.90 Å². The van der Waals surface area contributed by atoms with Gasteiger partial charge < -0.3 is 9.80 Å². The van der Waals surface area contributed by atoms with Gasteiger partial charge in [-0.2, -0.15) is 0 Å². The lowest BCUT2D eigenvalue weighted by molar-refractivity contribution is 0.104. The Morgan fingerprint density at radius 1 is 1.67 bits per heavy atom. The van der Waals surface area contributed by atoms with Crippen molar-refractivity contribution in [2.75, 3.05) is 27.2 Å². The predicted molar refractivity (Wildman–Crippen MR) is 47.6 cm³/mol. The van der Waals surface area contributed by atoms with Crippen molar-refractivity contribution in [3.63, 3.8) is 0 Å². The van der Waals surface area contributed by atoms with Crippen LogP contribution in [0.2, 0.25) is 0 Å². The average Bonchev–Trinajstić information content (AvgIpc) is 1.94. The van der Waals surface area contributed by atoms with Crippen LogP contribution in [-0.4, -0.2) is 43.0 Å². The monoisotopic (exact) mass is 166 g/mol. The third-order valence-electron chi connectivity index (χ3n) is 2.02. The molecular formula is C9H14N2O. The van der Waals surface area contributed by atoms with Crippen molar-refractivity contribution >= 4 is 6.03 Å². The van der Waals surface area contributed by atoms with E-state index in [1.54, 1.807) is 19.0 Å². The van der Waals surface area contributed by atoms with Crippen LogP contribution in [0, 0.1) is 18.3 Å². The first kappa shape index (κ1) is 8.92. The quantitative estimate of drug-likeness (QED) is 0.524. The number of nitrogens with zero attached hydrogens (tertiary/aromatic N) is 2. The van der Waals surface area contributed by atoms with Crippen molar-refractivity contribution in [1.29, 1.82) is 0 Å². The van der Waals surface area contributed by atoms with Crippen LogP contribution in [-0.2, 0) is 0 Å². The lowest BCUT2D eigenvalue weighted by Gasteiger charge is -2.39. The van der Waals surface area contributed by atoms with E-state index in [4.69, 9.17) is 6.42 Å². The number of urea groups is 1. The number of amides is 2. The summed E-state index contributed by atoms with van der Waals surface area (Å²) < 4.78 is 0. The Balaban J connectivity index is 2.26. The number of hydrogen-bond donors (Lipinski definition) is 0. The number of carbonyl (C=O) groups excluding carboxylic acids is 1. The standard InChI is InChI=1S/C9H14N2O/c1-4-5-8-6-11(7-8)9(12)10(2)3/h1,8H,5-7H2,2-3H3. The van der Waals surface area contributed by atoms with Gasteiger partial charge in [-0.1, -0.05) is 0 Å². The van der Waals surface area contributed by atoms with Gasteiger partial charge in [0.2, 0.25) is 0 Å². The van der Waals surface area contributed by atoms with Gasteiger partial charge in [0, 0.05) is 39.5 Å². The molecule has 0 saturated carbocycles. The normalized spacial score (nSPS) is 16.6. The number of rotatable bonds is 1. The molecule has 0 spiro atoms. The summed E-state index contributed by atoms with van der Waals surface area (Å²) in [4.78, 5) is 14.7. The first-order valence-corrected chi connectivity index (χ1v) is 4.05. The molecule has 0 bridgehead atoms.